The molecule has 0 aromatic heterocycles. The van der Waals surface area contributed by atoms with E-state index in [-0.39, 0.29) is 45.5 Å². The van der Waals surface area contributed by atoms with E-state index in [4.69, 9.17) is 9.90 Å². The Morgan fingerprint density at radius 2 is 1.67 bits per heavy atom. The van der Waals surface area contributed by atoms with Crippen molar-refractivity contribution in [3.63, 3.8) is 0 Å². The average molecular weight is 341 g/mol. The summed E-state index contributed by atoms with van der Waals surface area (Å²) < 4.78 is -0.833. The molecule has 0 bridgehead atoms. The first kappa shape index (κ1) is 15.6. The monoisotopic (exact) mass is 342 g/mol. The molecule has 0 aliphatic carbocycles. The molecule has 0 rings (SSSR count). The van der Waals surface area contributed by atoms with Crippen LogP contribution in [0.1, 0.15) is 0 Å². The molecule has 0 aliphatic rings. The summed E-state index contributed by atoms with van der Waals surface area (Å²) in [6, 6.07) is 0. The second-order valence-corrected chi connectivity index (χ2v) is 1.20. The normalized spacial score (nSPS) is 4.17. The van der Waals surface area contributed by atoms with Gasteiger partial charge < -0.3 is 0 Å². The van der Waals surface area contributed by atoms with Crippen LogP contribution >= 0.6 is 0 Å². The summed E-state index contributed by atoms with van der Waals surface area (Å²) in [5.41, 5.74) is 0. The van der Waals surface area contributed by atoms with E-state index in [1.165, 1.54) is 0 Å². The van der Waals surface area contributed by atoms with Crippen molar-refractivity contribution in [2.24, 2.45) is 0 Å². The zero-order valence-corrected chi connectivity index (χ0v) is 10.2. The topological polar surface area (TPSA) is 37.3 Å². The third kappa shape index (κ3) is 48.3. The molecule has 6 heavy (non-hydrogen) atoms. The summed E-state index contributed by atoms with van der Waals surface area (Å²) in [5.74, 6) is 0. The third-order valence-electron chi connectivity index (χ3n) is 0. The van der Waals surface area contributed by atoms with Crippen molar-refractivity contribution in [1.82, 2.24) is 0 Å². The van der Waals surface area contributed by atoms with E-state index in [0.29, 0.717) is 0 Å². The van der Waals surface area contributed by atoms with E-state index < -0.39 is 4.76 Å². The molecule has 2 radical (unpaired) electrons. The summed E-state index contributed by atoms with van der Waals surface area (Å²) in [5, 5.41) is 7.42. The Balaban J connectivity index is -0.0000000450. The quantitative estimate of drug-likeness (QED) is 0.554. The van der Waals surface area contributed by atoms with Crippen LogP contribution in [-0.4, -0.2) is 51.1 Å². The Morgan fingerprint density at radius 3 is 1.67 bits per heavy atom. The van der Waals surface area contributed by atoms with Gasteiger partial charge in [0.1, 0.15) is 0 Å². The van der Waals surface area contributed by atoms with Crippen molar-refractivity contribution >= 4 is 46.0 Å². The molecule has 0 atom stereocenters. The van der Waals surface area contributed by atoms with E-state index >= 15 is 0 Å². The fourth-order valence-electron chi connectivity index (χ4n) is 0. The summed E-state index contributed by atoms with van der Waals surface area (Å²) in [4.78, 5) is 9.00. The molecular formula is CH4AsMoO2Sb. The van der Waals surface area contributed by atoms with E-state index in [2.05, 4.69) is 0 Å². The van der Waals surface area contributed by atoms with Gasteiger partial charge in [0, 0.05) is 21.1 Å². The maximum atomic E-state index is 9.00. The van der Waals surface area contributed by atoms with Crippen LogP contribution in [0.3, 0.4) is 0 Å². The van der Waals surface area contributed by atoms with E-state index in [0.717, 1.165) is 16.9 Å². The van der Waals surface area contributed by atoms with Crippen LogP contribution in [0.2, 0.25) is 0 Å². The standard InChI is InChI=1S/CH2AsO2.Mo.Sb.2H/c2-1(3)4;;;;/h2H,(H,3,4);;;;. The number of carbonyl (C=O) groups is 1. The molecule has 0 fully saturated rings. The molecule has 1 N–H and O–H groups in total. The summed E-state index contributed by atoms with van der Waals surface area (Å²) >= 11 is 1.08. The number of hydrogen-bond donors (Lipinski definition) is 1. The predicted octanol–water partition coefficient (Wildman–Crippen LogP) is -1.35. The minimum absolute atomic E-state index is 0. The molecule has 0 aliphatic heterocycles. The molecule has 36 valence electrons. The zero-order chi connectivity index (χ0) is 3.58. The van der Waals surface area contributed by atoms with Crippen LogP contribution in [0.4, 0.5) is 4.79 Å². The predicted molar refractivity (Wildman–Crippen MR) is 23.7 cm³/mol. The molecule has 0 spiro atoms. The molecule has 0 saturated heterocycles. The van der Waals surface area contributed by atoms with Crippen molar-refractivity contribution < 1.29 is 31.0 Å². The molecular weight excluding hydrogens is 337 g/mol. The van der Waals surface area contributed by atoms with Crippen LogP contribution in [-0.2, 0) is 21.1 Å². The number of rotatable bonds is 0. The third-order valence-corrected chi connectivity index (χ3v) is 0. The van der Waals surface area contributed by atoms with Crippen LogP contribution in [0, 0.1) is 0 Å². The van der Waals surface area contributed by atoms with Gasteiger partial charge in [0.05, 0.1) is 0 Å². The average Bonchev–Trinajstić information content (AvgIpc) is 0.811. The fourth-order valence-corrected chi connectivity index (χ4v) is 0. The van der Waals surface area contributed by atoms with Gasteiger partial charge in [0.2, 0.25) is 0 Å². The van der Waals surface area contributed by atoms with Gasteiger partial charge in [-0.1, -0.05) is 0 Å². The Labute approximate surface area is 76.3 Å². The first-order valence-corrected chi connectivity index (χ1v) is 1.73. The van der Waals surface area contributed by atoms with Gasteiger partial charge in [-0.3, -0.25) is 0 Å². The minimum atomic E-state index is -0.833. The van der Waals surface area contributed by atoms with Crippen LogP contribution in [0.25, 0.3) is 0 Å². The number of hydrogen-bond acceptors (Lipinski definition) is 1. The fraction of sp³-hybridized carbons (Fsp3) is 0. The van der Waals surface area contributed by atoms with Crippen LogP contribution in [0.15, 0.2) is 0 Å². The van der Waals surface area contributed by atoms with Gasteiger partial charge in [-0.05, 0) is 0 Å². The van der Waals surface area contributed by atoms with E-state index in [1.54, 1.807) is 0 Å². The first-order chi connectivity index (χ1) is 1.73. The second kappa shape index (κ2) is 9.73. The Morgan fingerprint density at radius 1 is 1.67 bits per heavy atom. The molecule has 0 aromatic carbocycles. The molecule has 0 heterocycles. The maximum absolute atomic E-state index is 9.00. The van der Waals surface area contributed by atoms with Gasteiger partial charge in [0.15, 0.2) is 0 Å². The molecule has 0 saturated carbocycles. The molecule has 2 nitrogen and oxygen atoms in total. The van der Waals surface area contributed by atoms with Gasteiger partial charge in [-0.2, -0.15) is 0 Å². The first-order valence-electron chi connectivity index (χ1n) is 0.678. The van der Waals surface area contributed by atoms with Crippen molar-refractivity contribution in [3.05, 3.63) is 0 Å². The molecule has 5 heteroatoms. The van der Waals surface area contributed by atoms with Crippen molar-refractivity contribution in [1.29, 1.82) is 0 Å². The van der Waals surface area contributed by atoms with Crippen molar-refractivity contribution in [2.45, 2.75) is 0 Å². The van der Waals surface area contributed by atoms with Gasteiger partial charge >= 0.3 is 55.9 Å². The Bertz CT molecular complexity index is 36.5. The molecule has 0 amide bonds. The van der Waals surface area contributed by atoms with Crippen LogP contribution < -0.4 is 0 Å². The van der Waals surface area contributed by atoms with E-state index in [1.807, 2.05) is 0 Å². The Hall–Kier alpha value is 1.53. The molecule has 0 unspecified atom stereocenters. The SMILES string of the molecule is O=C(O)[AsH].[Mo].[SbH2]. The van der Waals surface area contributed by atoms with Gasteiger partial charge in [0.25, 0.3) is 0 Å². The summed E-state index contributed by atoms with van der Waals surface area (Å²) in [6.07, 6.45) is 0. The zero-order valence-electron chi connectivity index (χ0n) is 2.84. The van der Waals surface area contributed by atoms with E-state index in [9.17, 15) is 0 Å². The summed E-state index contributed by atoms with van der Waals surface area (Å²) in [6.45, 7) is 0. The van der Waals surface area contributed by atoms with Crippen LogP contribution in [0.5, 0.6) is 0 Å². The van der Waals surface area contributed by atoms with Gasteiger partial charge in [-0.15, -0.1) is 0 Å². The molecule has 0 aromatic rings. The summed E-state index contributed by atoms with van der Waals surface area (Å²) in [7, 11) is 0. The second-order valence-electron chi connectivity index (χ2n) is 0.305. The number of carboxylic acid groups (broad SMARTS) is 1. The van der Waals surface area contributed by atoms with Crippen molar-refractivity contribution in [3.8, 4) is 0 Å². The van der Waals surface area contributed by atoms with Crippen molar-refractivity contribution in [2.75, 3.05) is 0 Å². The Kier molecular flexibility index (Phi) is 25.4. The van der Waals surface area contributed by atoms with Gasteiger partial charge in [-0.25, -0.2) is 0 Å².